The molecule has 1 amide bonds. The number of anilines is 2. The molecule has 6 heteroatoms. The Kier molecular flexibility index (Phi) is 5.32. The summed E-state index contributed by atoms with van der Waals surface area (Å²) < 4.78 is 0. The van der Waals surface area contributed by atoms with E-state index in [4.69, 9.17) is 5.26 Å². The molecule has 2 aromatic rings. The van der Waals surface area contributed by atoms with Gasteiger partial charge in [0.2, 0.25) is 0 Å². The first-order chi connectivity index (χ1) is 11.5. The first-order valence-corrected chi connectivity index (χ1v) is 7.08. The highest BCUT2D eigenvalue weighted by Gasteiger charge is 2.09. The summed E-state index contributed by atoms with van der Waals surface area (Å²) in [7, 11) is 0. The molecule has 0 atom stereocenters. The number of ketones is 1. The number of nitriles is 1. The number of rotatable bonds is 5. The SMILES string of the molecule is CC(=O)c1ccc(N/C=C(/C#N)C(=O)Nc2ccc(O)cc2)cc1. The van der Waals surface area contributed by atoms with Gasteiger partial charge in [0.15, 0.2) is 5.78 Å². The molecule has 2 rings (SSSR count). The van der Waals surface area contributed by atoms with Gasteiger partial charge >= 0.3 is 0 Å². The van der Waals surface area contributed by atoms with Gasteiger partial charge in [0.25, 0.3) is 5.91 Å². The summed E-state index contributed by atoms with van der Waals surface area (Å²) in [5.41, 5.74) is 1.57. The fourth-order valence-electron chi connectivity index (χ4n) is 1.85. The Morgan fingerprint density at radius 1 is 1.04 bits per heavy atom. The average molecular weight is 321 g/mol. The van der Waals surface area contributed by atoms with Gasteiger partial charge in [0.1, 0.15) is 17.4 Å². The summed E-state index contributed by atoms with van der Waals surface area (Å²) in [4.78, 5) is 23.3. The van der Waals surface area contributed by atoms with Crippen LogP contribution in [0.1, 0.15) is 17.3 Å². The molecule has 0 aliphatic heterocycles. The van der Waals surface area contributed by atoms with Crippen LogP contribution in [0.4, 0.5) is 11.4 Å². The van der Waals surface area contributed by atoms with Gasteiger partial charge in [-0.2, -0.15) is 5.26 Å². The zero-order valence-corrected chi connectivity index (χ0v) is 12.9. The number of carbonyl (C=O) groups is 2. The smallest absolute Gasteiger partial charge is 0.267 e. The van der Waals surface area contributed by atoms with E-state index in [0.29, 0.717) is 16.9 Å². The summed E-state index contributed by atoms with van der Waals surface area (Å²) in [6.45, 7) is 1.48. The monoisotopic (exact) mass is 321 g/mol. The number of amides is 1. The van der Waals surface area contributed by atoms with E-state index in [2.05, 4.69) is 10.6 Å². The van der Waals surface area contributed by atoms with Crippen LogP contribution in [0.15, 0.2) is 60.3 Å². The summed E-state index contributed by atoms with van der Waals surface area (Å²) in [5.74, 6) is -0.529. The number of Topliss-reactive ketones (excluding diaryl/α,β-unsaturated/α-hetero) is 1. The van der Waals surface area contributed by atoms with E-state index in [1.54, 1.807) is 24.3 Å². The highest BCUT2D eigenvalue weighted by Crippen LogP contribution is 2.15. The molecular formula is C18H15N3O3. The van der Waals surface area contributed by atoms with Gasteiger partial charge in [-0.1, -0.05) is 0 Å². The van der Waals surface area contributed by atoms with E-state index in [9.17, 15) is 14.7 Å². The normalized spacial score (nSPS) is 10.6. The standard InChI is InChI=1S/C18H15N3O3/c1-12(22)13-2-4-15(5-3-13)20-11-14(10-19)18(24)21-16-6-8-17(23)9-7-16/h2-9,11,20,23H,1H3,(H,21,24)/b14-11-. The summed E-state index contributed by atoms with van der Waals surface area (Å²) in [5, 5.41) is 23.7. The van der Waals surface area contributed by atoms with Gasteiger partial charge < -0.3 is 15.7 Å². The van der Waals surface area contributed by atoms with Crippen molar-refractivity contribution >= 4 is 23.1 Å². The molecule has 120 valence electrons. The van der Waals surface area contributed by atoms with E-state index >= 15 is 0 Å². The summed E-state index contributed by atoms with van der Waals surface area (Å²) >= 11 is 0. The van der Waals surface area contributed by atoms with E-state index in [1.807, 2.05) is 6.07 Å². The molecule has 0 saturated carbocycles. The predicted molar refractivity (Wildman–Crippen MR) is 90.5 cm³/mol. The number of hydrogen-bond donors (Lipinski definition) is 3. The Morgan fingerprint density at radius 3 is 2.17 bits per heavy atom. The first-order valence-electron chi connectivity index (χ1n) is 7.08. The van der Waals surface area contributed by atoms with Crippen molar-refractivity contribution in [3.05, 3.63) is 65.9 Å². The molecule has 0 aromatic heterocycles. The van der Waals surface area contributed by atoms with Gasteiger partial charge in [0.05, 0.1) is 0 Å². The van der Waals surface area contributed by atoms with Crippen LogP contribution in [0.25, 0.3) is 0 Å². The van der Waals surface area contributed by atoms with Crippen molar-refractivity contribution in [1.82, 2.24) is 0 Å². The van der Waals surface area contributed by atoms with Crippen molar-refractivity contribution in [2.24, 2.45) is 0 Å². The third-order valence-electron chi connectivity index (χ3n) is 3.16. The fourth-order valence-corrected chi connectivity index (χ4v) is 1.85. The third kappa shape index (κ3) is 4.45. The molecule has 0 fully saturated rings. The molecule has 3 N–H and O–H groups in total. The van der Waals surface area contributed by atoms with Crippen molar-refractivity contribution in [3.8, 4) is 11.8 Å². The maximum absolute atomic E-state index is 12.0. The zero-order valence-electron chi connectivity index (χ0n) is 12.9. The molecular weight excluding hydrogens is 306 g/mol. The molecule has 2 aromatic carbocycles. The lowest BCUT2D eigenvalue weighted by molar-refractivity contribution is -0.112. The second-order valence-electron chi connectivity index (χ2n) is 4.95. The molecule has 0 spiro atoms. The van der Waals surface area contributed by atoms with Gasteiger partial charge in [-0.05, 0) is 55.5 Å². The minimum Gasteiger partial charge on any atom is -0.508 e. The quantitative estimate of drug-likeness (QED) is 0.340. The Morgan fingerprint density at radius 2 is 1.62 bits per heavy atom. The number of phenols is 1. The van der Waals surface area contributed by atoms with Gasteiger partial charge in [-0.15, -0.1) is 0 Å². The van der Waals surface area contributed by atoms with Crippen LogP contribution in [0, 0.1) is 11.3 Å². The first kappa shape index (κ1) is 16.8. The molecule has 6 nitrogen and oxygen atoms in total. The average Bonchev–Trinajstić information content (AvgIpc) is 2.58. The van der Waals surface area contributed by atoms with Crippen LogP contribution in [0.2, 0.25) is 0 Å². The molecule has 0 saturated heterocycles. The van der Waals surface area contributed by atoms with E-state index in [1.165, 1.54) is 37.4 Å². The molecule has 0 unspecified atom stereocenters. The van der Waals surface area contributed by atoms with Crippen LogP contribution in [0.5, 0.6) is 5.75 Å². The molecule has 0 aliphatic rings. The molecule has 0 heterocycles. The minimum atomic E-state index is -0.573. The topological polar surface area (TPSA) is 102 Å². The summed E-state index contributed by atoms with van der Waals surface area (Å²) in [6, 6.07) is 14.4. The molecule has 0 aliphatic carbocycles. The number of carbonyl (C=O) groups excluding carboxylic acids is 2. The van der Waals surface area contributed by atoms with Crippen LogP contribution >= 0.6 is 0 Å². The fraction of sp³-hybridized carbons (Fsp3) is 0.0556. The number of phenolic OH excluding ortho intramolecular Hbond substituents is 1. The van der Waals surface area contributed by atoms with Gasteiger partial charge in [0, 0.05) is 23.1 Å². The number of aromatic hydroxyl groups is 1. The van der Waals surface area contributed by atoms with Gasteiger partial charge in [-0.25, -0.2) is 0 Å². The third-order valence-corrected chi connectivity index (χ3v) is 3.16. The minimum absolute atomic E-state index is 0.0388. The van der Waals surface area contributed by atoms with Crippen LogP contribution in [0.3, 0.4) is 0 Å². The largest absolute Gasteiger partial charge is 0.508 e. The maximum atomic E-state index is 12.0. The van der Waals surface area contributed by atoms with E-state index in [0.717, 1.165) is 0 Å². The van der Waals surface area contributed by atoms with E-state index in [-0.39, 0.29) is 17.1 Å². The Balaban J connectivity index is 2.05. The Bertz CT molecular complexity index is 816. The van der Waals surface area contributed by atoms with Gasteiger partial charge in [-0.3, -0.25) is 9.59 Å². The van der Waals surface area contributed by atoms with E-state index < -0.39 is 5.91 Å². The lowest BCUT2D eigenvalue weighted by Crippen LogP contribution is -2.14. The van der Waals surface area contributed by atoms with Crippen LogP contribution in [-0.2, 0) is 4.79 Å². The number of hydrogen-bond acceptors (Lipinski definition) is 5. The lowest BCUT2D eigenvalue weighted by atomic mass is 10.1. The lowest BCUT2D eigenvalue weighted by Gasteiger charge is -2.06. The predicted octanol–water partition coefficient (Wildman–Crippen LogP) is 3.05. The van der Waals surface area contributed by atoms with Crippen LogP contribution < -0.4 is 10.6 Å². The van der Waals surface area contributed by atoms with Crippen molar-refractivity contribution < 1.29 is 14.7 Å². The zero-order chi connectivity index (χ0) is 17.5. The van der Waals surface area contributed by atoms with Crippen molar-refractivity contribution in [1.29, 1.82) is 5.26 Å². The van der Waals surface area contributed by atoms with Crippen molar-refractivity contribution in [2.45, 2.75) is 6.92 Å². The Hall–Kier alpha value is -3.59. The molecule has 0 bridgehead atoms. The van der Waals surface area contributed by atoms with Crippen molar-refractivity contribution in [2.75, 3.05) is 10.6 Å². The second-order valence-corrected chi connectivity index (χ2v) is 4.95. The second kappa shape index (κ2) is 7.61. The van der Waals surface area contributed by atoms with Crippen molar-refractivity contribution in [3.63, 3.8) is 0 Å². The maximum Gasteiger partial charge on any atom is 0.267 e. The highest BCUT2D eigenvalue weighted by atomic mass is 16.3. The molecule has 24 heavy (non-hydrogen) atoms. The number of nitrogens with one attached hydrogen (secondary N) is 2. The molecule has 0 radical (unpaired) electrons. The number of nitrogens with zero attached hydrogens (tertiary/aromatic N) is 1. The highest BCUT2D eigenvalue weighted by molar-refractivity contribution is 6.06. The summed E-state index contributed by atoms with van der Waals surface area (Å²) in [6.07, 6.45) is 1.29. The van der Waals surface area contributed by atoms with Crippen LogP contribution in [-0.4, -0.2) is 16.8 Å². The number of benzene rings is 2. The Labute approximate surface area is 139 Å².